The minimum absolute atomic E-state index is 0.619. The van der Waals surface area contributed by atoms with Crippen molar-refractivity contribution in [2.24, 2.45) is 0 Å². The molecule has 0 saturated carbocycles. The van der Waals surface area contributed by atoms with Crippen LogP contribution in [-0.2, 0) is 0 Å². The number of hydrogen-bond donors (Lipinski definition) is 0. The third-order valence-corrected chi connectivity index (χ3v) is 9.81. The van der Waals surface area contributed by atoms with Gasteiger partial charge in [0, 0.05) is 22.9 Å². The van der Waals surface area contributed by atoms with Crippen LogP contribution in [0.4, 0.5) is 0 Å². The van der Waals surface area contributed by atoms with Gasteiger partial charge in [0.1, 0.15) is 11.1 Å². The molecule has 248 valence electrons. The average molecular weight is 679 g/mol. The second kappa shape index (κ2) is 12.8. The zero-order valence-electron chi connectivity index (χ0n) is 28.5. The Labute approximate surface area is 305 Å². The Morgan fingerprint density at radius 3 is 1.49 bits per heavy atom. The van der Waals surface area contributed by atoms with E-state index in [1.165, 1.54) is 11.1 Å². The molecular weight excluding hydrogens is 649 g/mol. The smallest absolute Gasteiger partial charge is 0.164 e. The number of aromatic nitrogens is 4. The maximum Gasteiger partial charge on any atom is 0.164 e. The molecule has 5 heteroatoms. The van der Waals surface area contributed by atoms with Crippen LogP contribution in [0.25, 0.3) is 100 Å². The Morgan fingerprint density at radius 2 is 0.849 bits per heavy atom. The molecule has 7 aromatic carbocycles. The summed E-state index contributed by atoms with van der Waals surface area (Å²) in [4.78, 5) is 19.9. The summed E-state index contributed by atoms with van der Waals surface area (Å²) in [7, 11) is 0. The number of nitrogens with zero attached hydrogens (tertiary/aromatic N) is 4. The van der Waals surface area contributed by atoms with E-state index < -0.39 is 0 Å². The van der Waals surface area contributed by atoms with Gasteiger partial charge in [0.25, 0.3) is 0 Å². The lowest BCUT2D eigenvalue weighted by Crippen LogP contribution is -2.00. The van der Waals surface area contributed by atoms with E-state index in [1.54, 1.807) is 0 Å². The van der Waals surface area contributed by atoms with E-state index in [1.807, 2.05) is 85.1 Å². The average Bonchev–Trinajstić information content (AvgIpc) is 3.63. The molecule has 10 aromatic rings. The lowest BCUT2D eigenvalue weighted by molar-refractivity contribution is 0.668. The van der Waals surface area contributed by atoms with Gasteiger partial charge in [-0.1, -0.05) is 146 Å². The second-order valence-corrected chi connectivity index (χ2v) is 13.0. The quantitative estimate of drug-likeness (QED) is 0.175. The summed E-state index contributed by atoms with van der Waals surface area (Å²) in [5.74, 6) is 1.88. The van der Waals surface area contributed by atoms with Gasteiger partial charge in [0.15, 0.2) is 23.1 Å². The van der Waals surface area contributed by atoms with E-state index in [4.69, 9.17) is 24.4 Å². The largest absolute Gasteiger partial charge is 0.454 e. The maximum absolute atomic E-state index is 6.50. The summed E-state index contributed by atoms with van der Waals surface area (Å²) in [6.45, 7) is 0. The second-order valence-electron chi connectivity index (χ2n) is 13.0. The van der Waals surface area contributed by atoms with Crippen LogP contribution in [0, 0.1) is 0 Å². The highest BCUT2D eigenvalue weighted by atomic mass is 16.3. The van der Waals surface area contributed by atoms with Gasteiger partial charge in [0.2, 0.25) is 0 Å². The Kier molecular flexibility index (Phi) is 7.40. The fourth-order valence-electron chi connectivity index (χ4n) is 7.24. The Morgan fingerprint density at radius 1 is 0.340 bits per heavy atom. The molecule has 0 aliphatic heterocycles. The molecule has 3 aromatic heterocycles. The van der Waals surface area contributed by atoms with Crippen molar-refractivity contribution in [2.75, 3.05) is 0 Å². The van der Waals surface area contributed by atoms with Crippen molar-refractivity contribution in [3.05, 3.63) is 182 Å². The van der Waals surface area contributed by atoms with Gasteiger partial charge in [-0.3, -0.25) is 4.98 Å². The number of benzene rings is 7. The first kappa shape index (κ1) is 30.6. The standard InChI is InChI=1S/C48H30N4O/c1-4-13-31(14-5-1)32-22-24-33(25-23-32)36-29-41(44-43(30-36)53-42-21-12-28-49-45(42)44)39-26-27-40(38-20-11-10-19-37(38)39)48-51-46(34-15-6-2-7-16-34)50-47(52-48)35-17-8-3-9-18-35/h1-30H. The van der Waals surface area contributed by atoms with Crippen LogP contribution in [0.2, 0.25) is 0 Å². The van der Waals surface area contributed by atoms with E-state index >= 15 is 0 Å². The van der Waals surface area contributed by atoms with Crippen molar-refractivity contribution >= 4 is 32.8 Å². The lowest BCUT2D eigenvalue weighted by atomic mass is 9.90. The van der Waals surface area contributed by atoms with Gasteiger partial charge in [-0.05, 0) is 74.5 Å². The zero-order valence-corrected chi connectivity index (χ0v) is 28.5. The molecule has 0 unspecified atom stereocenters. The van der Waals surface area contributed by atoms with Crippen molar-refractivity contribution in [2.45, 2.75) is 0 Å². The van der Waals surface area contributed by atoms with Gasteiger partial charge >= 0.3 is 0 Å². The molecule has 5 nitrogen and oxygen atoms in total. The molecule has 53 heavy (non-hydrogen) atoms. The van der Waals surface area contributed by atoms with E-state index in [9.17, 15) is 0 Å². The van der Waals surface area contributed by atoms with Crippen LogP contribution in [0.15, 0.2) is 187 Å². The lowest BCUT2D eigenvalue weighted by Gasteiger charge is -2.15. The number of furan rings is 1. The van der Waals surface area contributed by atoms with E-state index in [2.05, 4.69) is 97.1 Å². The predicted octanol–water partition coefficient (Wildman–Crippen LogP) is 12.3. The van der Waals surface area contributed by atoms with Crippen LogP contribution >= 0.6 is 0 Å². The topological polar surface area (TPSA) is 64.7 Å². The first-order chi connectivity index (χ1) is 26.3. The van der Waals surface area contributed by atoms with Crippen molar-refractivity contribution in [3.63, 3.8) is 0 Å². The van der Waals surface area contributed by atoms with Gasteiger partial charge in [0.05, 0.1) is 5.39 Å². The van der Waals surface area contributed by atoms with E-state index in [0.717, 1.165) is 71.8 Å². The van der Waals surface area contributed by atoms with Crippen LogP contribution in [0.5, 0.6) is 0 Å². The van der Waals surface area contributed by atoms with Crippen molar-refractivity contribution in [1.82, 2.24) is 19.9 Å². The summed E-state index contributed by atoms with van der Waals surface area (Å²) in [6.07, 6.45) is 1.83. The highest BCUT2D eigenvalue weighted by Gasteiger charge is 2.20. The van der Waals surface area contributed by atoms with Gasteiger partial charge in [-0.15, -0.1) is 0 Å². The zero-order chi connectivity index (χ0) is 35.1. The van der Waals surface area contributed by atoms with Crippen LogP contribution in [-0.4, -0.2) is 19.9 Å². The minimum atomic E-state index is 0.619. The van der Waals surface area contributed by atoms with Crippen LogP contribution in [0.1, 0.15) is 0 Å². The van der Waals surface area contributed by atoms with Crippen molar-refractivity contribution in [3.8, 4) is 67.5 Å². The third-order valence-electron chi connectivity index (χ3n) is 9.81. The highest BCUT2D eigenvalue weighted by molar-refractivity contribution is 6.16. The van der Waals surface area contributed by atoms with Crippen molar-refractivity contribution < 1.29 is 4.42 Å². The number of rotatable bonds is 6. The predicted molar refractivity (Wildman–Crippen MR) is 215 cm³/mol. The molecule has 0 fully saturated rings. The highest BCUT2D eigenvalue weighted by Crippen LogP contribution is 2.43. The molecule has 0 atom stereocenters. The molecule has 0 N–H and O–H groups in total. The van der Waals surface area contributed by atoms with Gasteiger partial charge in [-0.2, -0.15) is 0 Å². The first-order valence-electron chi connectivity index (χ1n) is 17.6. The molecule has 0 saturated heterocycles. The SMILES string of the molecule is c1ccc(-c2ccc(-c3cc(-c4ccc(-c5nc(-c6ccccc6)nc(-c6ccccc6)n5)c5ccccc45)c4c(c3)oc3cccnc34)cc2)cc1. The molecule has 0 aliphatic carbocycles. The summed E-state index contributed by atoms with van der Waals surface area (Å²) >= 11 is 0. The molecule has 0 amide bonds. The monoisotopic (exact) mass is 678 g/mol. The summed E-state index contributed by atoms with van der Waals surface area (Å²) < 4.78 is 6.50. The molecule has 10 rings (SSSR count). The van der Waals surface area contributed by atoms with E-state index in [0.29, 0.717) is 17.5 Å². The third kappa shape index (κ3) is 5.52. The Bertz CT molecular complexity index is 2860. The fourth-order valence-corrected chi connectivity index (χ4v) is 7.24. The minimum Gasteiger partial charge on any atom is -0.454 e. The Hall–Kier alpha value is -7.24. The molecule has 0 bridgehead atoms. The summed E-state index contributed by atoms with van der Waals surface area (Å²) in [6, 6.07) is 60.5. The summed E-state index contributed by atoms with van der Waals surface area (Å²) in [5, 5.41) is 3.11. The maximum atomic E-state index is 6.50. The molecule has 0 spiro atoms. The normalized spacial score (nSPS) is 11.4. The molecular formula is C48H30N4O. The molecule has 0 radical (unpaired) electrons. The van der Waals surface area contributed by atoms with E-state index in [-0.39, 0.29) is 0 Å². The van der Waals surface area contributed by atoms with Crippen LogP contribution in [0.3, 0.4) is 0 Å². The summed E-state index contributed by atoms with van der Waals surface area (Å²) in [5.41, 5.74) is 11.9. The first-order valence-corrected chi connectivity index (χ1v) is 17.6. The van der Waals surface area contributed by atoms with Crippen molar-refractivity contribution in [1.29, 1.82) is 0 Å². The Balaban J connectivity index is 1.18. The number of fused-ring (bicyclic) bond motifs is 4. The number of hydrogen-bond acceptors (Lipinski definition) is 5. The van der Waals surface area contributed by atoms with Gasteiger partial charge < -0.3 is 4.42 Å². The van der Waals surface area contributed by atoms with Crippen LogP contribution < -0.4 is 0 Å². The molecule has 3 heterocycles. The van der Waals surface area contributed by atoms with Gasteiger partial charge in [-0.25, -0.2) is 15.0 Å². The fraction of sp³-hybridized carbons (Fsp3) is 0. The number of pyridine rings is 1. The molecule has 0 aliphatic rings.